The molecule has 1 aliphatic rings. The van der Waals surface area contributed by atoms with E-state index in [-0.39, 0.29) is 5.56 Å². The van der Waals surface area contributed by atoms with Crippen LogP contribution in [-0.2, 0) is 13.5 Å². The molecular weight excluding hydrogens is 294 g/mol. The first-order valence-corrected chi connectivity index (χ1v) is 8.24. The molecule has 0 aromatic carbocycles. The van der Waals surface area contributed by atoms with Gasteiger partial charge in [0.05, 0.1) is 23.6 Å². The van der Waals surface area contributed by atoms with Crippen molar-refractivity contribution in [2.75, 3.05) is 5.32 Å². The Labute approximate surface area is 134 Å². The molecule has 7 nitrogen and oxygen atoms in total. The average Bonchev–Trinajstić information content (AvgIpc) is 3.16. The fourth-order valence-electron chi connectivity index (χ4n) is 3.21. The van der Waals surface area contributed by atoms with Gasteiger partial charge in [-0.1, -0.05) is 26.2 Å². The second kappa shape index (κ2) is 6.44. The smallest absolute Gasteiger partial charge is 0.329 e. The van der Waals surface area contributed by atoms with Gasteiger partial charge >= 0.3 is 5.69 Å². The molecule has 0 atom stereocenters. The number of aromatic amines is 1. The molecule has 2 aromatic rings. The largest absolute Gasteiger partial charge is 0.339 e. The summed E-state index contributed by atoms with van der Waals surface area (Å²) in [5, 5.41) is 7.71. The summed E-state index contributed by atoms with van der Waals surface area (Å²) in [6, 6.07) is 1.86. The summed E-state index contributed by atoms with van der Waals surface area (Å²) in [6.45, 7) is 2.13. The van der Waals surface area contributed by atoms with Crippen molar-refractivity contribution < 1.29 is 0 Å². The van der Waals surface area contributed by atoms with Gasteiger partial charge in [0.15, 0.2) is 0 Å². The minimum atomic E-state index is -0.430. The number of rotatable bonds is 5. The van der Waals surface area contributed by atoms with Crippen molar-refractivity contribution in [3.8, 4) is 0 Å². The summed E-state index contributed by atoms with van der Waals surface area (Å²) in [5.41, 5.74) is 1.24. The number of nitrogens with zero attached hydrogens (tertiary/aromatic N) is 3. The molecule has 0 unspecified atom stereocenters. The van der Waals surface area contributed by atoms with E-state index < -0.39 is 5.69 Å². The van der Waals surface area contributed by atoms with Crippen LogP contribution in [0, 0.1) is 0 Å². The lowest BCUT2D eigenvalue weighted by atomic mass is 10.2. The number of nitrogens with one attached hydrogen (secondary N) is 2. The number of anilines is 2. The predicted molar refractivity (Wildman–Crippen MR) is 89.3 cm³/mol. The number of hydrogen-bond acceptors (Lipinski definition) is 4. The Morgan fingerprint density at radius 1 is 1.35 bits per heavy atom. The van der Waals surface area contributed by atoms with Gasteiger partial charge in [-0.3, -0.25) is 19.0 Å². The van der Waals surface area contributed by atoms with E-state index >= 15 is 0 Å². The van der Waals surface area contributed by atoms with Crippen LogP contribution < -0.4 is 16.6 Å². The first-order valence-electron chi connectivity index (χ1n) is 8.24. The van der Waals surface area contributed by atoms with Gasteiger partial charge < -0.3 is 5.32 Å². The summed E-state index contributed by atoms with van der Waals surface area (Å²) >= 11 is 0. The van der Waals surface area contributed by atoms with E-state index in [9.17, 15) is 9.59 Å². The molecule has 23 heavy (non-hydrogen) atoms. The molecule has 3 rings (SSSR count). The van der Waals surface area contributed by atoms with Gasteiger partial charge in [-0.25, -0.2) is 4.79 Å². The first-order chi connectivity index (χ1) is 11.1. The molecule has 0 bridgehead atoms. The van der Waals surface area contributed by atoms with Gasteiger partial charge in [-0.2, -0.15) is 5.10 Å². The van der Waals surface area contributed by atoms with Crippen molar-refractivity contribution in [1.29, 1.82) is 0 Å². The standard InChI is InChI=1S/C16H23N5O2/c1-3-6-13-12(10-17-21(13)11-7-4-5-8-11)18-14-9-15(22)20(2)16(23)19-14/h9-11,18H,3-8H2,1-2H3,(H,19,23). The van der Waals surface area contributed by atoms with E-state index in [0.717, 1.165) is 28.8 Å². The van der Waals surface area contributed by atoms with Gasteiger partial charge in [0, 0.05) is 13.1 Å². The minimum Gasteiger partial charge on any atom is -0.339 e. The van der Waals surface area contributed by atoms with Gasteiger partial charge in [0.25, 0.3) is 5.56 Å². The molecule has 0 amide bonds. The van der Waals surface area contributed by atoms with Crippen molar-refractivity contribution in [1.82, 2.24) is 19.3 Å². The lowest BCUT2D eigenvalue weighted by Gasteiger charge is -2.15. The zero-order chi connectivity index (χ0) is 16.4. The monoisotopic (exact) mass is 317 g/mol. The molecule has 0 radical (unpaired) electrons. The summed E-state index contributed by atoms with van der Waals surface area (Å²) in [7, 11) is 1.45. The Kier molecular flexibility index (Phi) is 4.36. The van der Waals surface area contributed by atoms with Crippen molar-refractivity contribution in [3.05, 3.63) is 38.8 Å². The first kappa shape index (κ1) is 15.6. The Hall–Kier alpha value is -2.31. The van der Waals surface area contributed by atoms with E-state index in [0.29, 0.717) is 11.9 Å². The highest BCUT2D eigenvalue weighted by molar-refractivity contribution is 5.57. The third kappa shape index (κ3) is 3.09. The molecule has 1 aliphatic carbocycles. The molecule has 0 aliphatic heterocycles. The second-order valence-electron chi connectivity index (χ2n) is 6.15. The predicted octanol–water partition coefficient (Wildman–Crippen LogP) is 2.08. The highest BCUT2D eigenvalue weighted by atomic mass is 16.2. The average molecular weight is 317 g/mol. The van der Waals surface area contributed by atoms with E-state index in [4.69, 9.17) is 0 Å². The molecule has 2 N–H and O–H groups in total. The molecule has 124 valence electrons. The maximum absolute atomic E-state index is 11.8. The van der Waals surface area contributed by atoms with E-state index in [2.05, 4.69) is 27.0 Å². The van der Waals surface area contributed by atoms with Crippen molar-refractivity contribution >= 4 is 11.5 Å². The quantitative estimate of drug-likeness (QED) is 0.884. The van der Waals surface area contributed by atoms with E-state index in [1.165, 1.54) is 38.8 Å². The van der Waals surface area contributed by atoms with Crippen molar-refractivity contribution in [2.45, 2.75) is 51.5 Å². The molecule has 7 heteroatoms. The highest BCUT2D eigenvalue weighted by Gasteiger charge is 2.22. The zero-order valence-electron chi connectivity index (χ0n) is 13.6. The maximum atomic E-state index is 11.8. The molecule has 1 fully saturated rings. The minimum absolute atomic E-state index is 0.337. The van der Waals surface area contributed by atoms with Crippen LogP contribution in [0.15, 0.2) is 21.9 Å². The second-order valence-corrected chi connectivity index (χ2v) is 6.15. The third-order valence-corrected chi connectivity index (χ3v) is 4.47. The summed E-state index contributed by atoms with van der Waals surface area (Å²) in [4.78, 5) is 26.2. The Balaban J connectivity index is 1.93. The molecule has 2 heterocycles. The topological polar surface area (TPSA) is 84.7 Å². The Morgan fingerprint density at radius 3 is 2.74 bits per heavy atom. The third-order valence-electron chi connectivity index (χ3n) is 4.47. The van der Waals surface area contributed by atoms with Crippen LogP contribution in [0.25, 0.3) is 0 Å². The van der Waals surface area contributed by atoms with E-state index in [1.54, 1.807) is 6.20 Å². The summed E-state index contributed by atoms with van der Waals surface area (Å²) in [6.07, 6.45) is 8.55. The lowest BCUT2D eigenvalue weighted by Crippen LogP contribution is -2.32. The molecular formula is C16H23N5O2. The Bertz CT molecular complexity index is 764. The molecule has 1 saturated carbocycles. The molecule has 0 spiro atoms. The maximum Gasteiger partial charge on any atom is 0.329 e. The SMILES string of the molecule is CCCc1c(Nc2cc(=O)n(C)c(=O)[nH]2)cnn1C1CCCC1. The summed E-state index contributed by atoms with van der Waals surface area (Å²) in [5.74, 6) is 0.404. The zero-order valence-corrected chi connectivity index (χ0v) is 13.6. The van der Waals surface area contributed by atoms with Crippen LogP contribution in [0.3, 0.4) is 0 Å². The van der Waals surface area contributed by atoms with Crippen LogP contribution in [0.4, 0.5) is 11.5 Å². The van der Waals surface area contributed by atoms with E-state index in [1.807, 2.05) is 0 Å². The van der Waals surface area contributed by atoms with Crippen LogP contribution in [0.2, 0.25) is 0 Å². The summed E-state index contributed by atoms with van der Waals surface area (Å²) < 4.78 is 3.16. The van der Waals surface area contributed by atoms with Crippen molar-refractivity contribution in [3.63, 3.8) is 0 Å². The highest BCUT2D eigenvalue weighted by Crippen LogP contribution is 2.32. The van der Waals surface area contributed by atoms with Gasteiger partial charge in [-0.05, 0) is 19.3 Å². The fraction of sp³-hybridized carbons (Fsp3) is 0.562. The normalized spacial score (nSPS) is 15.2. The number of H-pyrrole nitrogens is 1. The van der Waals surface area contributed by atoms with Crippen LogP contribution in [-0.4, -0.2) is 19.3 Å². The molecule has 0 saturated heterocycles. The van der Waals surface area contributed by atoms with Crippen molar-refractivity contribution in [2.24, 2.45) is 7.05 Å². The van der Waals surface area contributed by atoms with Gasteiger partial charge in [0.2, 0.25) is 0 Å². The number of hydrogen-bond donors (Lipinski definition) is 2. The van der Waals surface area contributed by atoms with Crippen LogP contribution >= 0.6 is 0 Å². The molecule has 2 aromatic heterocycles. The van der Waals surface area contributed by atoms with Gasteiger partial charge in [0.1, 0.15) is 5.82 Å². The fourth-order valence-corrected chi connectivity index (χ4v) is 3.21. The lowest BCUT2D eigenvalue weighted by molar-refractivity contribution is 0.449. The van der Waals surface area contributed by atoms with Gasteiger partial charge in [-0.15, -0.1) is 0 Å². The Morgan fingerprint density at radius 2 is 2.09 bits per heavy atom. The van der Waals surface area contributed by atoms with Crippen LogP contribution in [0.5, 0.6) is 0 Å². The van der Waals surface area contributed by atoms with Crippen LogP contribution in [0.1, 0.15) is 50.8 Å². The number of aromatic nitrogens is 4.